The number of benzene rings is 3. The van der Waals surface area contributed by atoms with Crippen LogP contribution in [-0.4, -0.2) is 8.42 Å². The zero-order valence-corrected chi connectivity index (χ0v) is 14.1. The largest absolute Gasteiger partial charge is 0.242 e. The highest BCUT2D eigenvalue weighted by atomic mass is 35.5. The highest BCUT2D eigenvalue weighted by molar-refractivity contribution is 7.89. The zero-order chi connectivity index (χ0) is 16.4. The van der Waals surface area contributed by atoms with Crippen LogP contribution in [-0.2, 0) is 10.0 Å². The minimum atomic E-state index is -3.69. The van der Waals surface area contributed by atoms with E-state index in [1.807, 2.05) is 49.4 Å². The van der Waals surface area contributed by atoms with Crippen LogP contribution in [0.25, 0.3) is 10.8 Å². The van der Waals surface area contributed by atoms with Gasteiger partial charge in [-0.2, -0.15) is 0 Å². The Hall–Kier alpha value is -1.88. The summed E-state index contributed by atoms with van der Waals surface area (Å²) in [4.78, 5) is 0.0914. The van der Waals surface area contributed by atoms with Crippen LogP contribution in [0.1, 0.15) is 18.5 Å². The van der Waals surface area contributed by atoms with Crippen molar-refractivity contribution in [3.8, 4) is 0 Å². The van der Waals surface area contributed by atoms with Gasteiger partial charge in [0.2, 0.25) is 10.0 Å². The van der Waals surface area contributed by atoms with Crippen molar-refractivity contribution in [2.45, 2.75) is 17.9 Å². The first-order chi connectivity index (χ1) is 11.0. The maximum atomic E-state index is 12.6. The molecule has 0 heterocycles. The van der Waals surface area contributed by atoms with Crippen LogP contribution in [0.15, 0.2) is 71.6 Å². The molecule has 0 aliphatic rings. The summed E-state index contributed by atoms with van der Waals surface area (Å²) in [6.07, 6.45) is 0. The van der Waals surface area contributed by atoms with Gasteiger partial charge in [0.1, 0.15) is 4.90 Å². The first-order valence-corrected chi connectivity index (χ1v) is 9.10. The monoisotopic (exact) mass is 345 g/mol. The maximum Gasteiger partial charge on any atom is 0.242 e. The molecule has 0 bridgehead atoms. The van der Waals surface area contributed by atoms with Crippen LogP contribution in [0.3, 0.4) is 0 Å². The molecule has 0 spiro atoms. The summed E-state index contributed by atoms with van der Waals surface area (Å²) in [5.41, 5.74) is 0.929. The molecule has 0 saturated carbocycles. The van der Waals surface area contributed by atoms with Gasteiger partial charge in [-0.3, -0.25) is 0 Å². The lowest BCUT2D eigenvalue weighted by Gasteiger charge is -2.17. The van der Waals surface area contributed by atoms with Crippen molar-refractivity contribution < 1.29 is 8.42 Å². The highest BCUT2D eigenvalue weighted by Gasteiger charge is 2.21. The van der Waals surface area contributed by atoms with Crippen molar-refractivity contribution in [1.29, 1.82) is 0 Å². The summed E-state index contributed by atoms with van der Waals surface area (Å²) in [7, 11) is -3.69. The molecule has 3 rings (SSSR count). The molecule has 0 amide bonds. The van der Waals surface area contributed by atoms with Crippen molar-refractivity contribution >= 4 is 32.4 Å². The predicted octanol–water partition coefficient (Wildman–Crippen LogP) is 4.53. The average molecular weight is 346 g/mol. The van der Waals surface area contributed by atoms with Gasteiger partial charge >= 0.3 is 0 Å². The third kappa shape index (κ3) is 3.24. The van der Waals surface area contributed by atoms with Crippen molar-refractivity contribution in [2.75, 3.05) is 0 Å². The van der Waals surface area contributed by atoms with Gasteiger partial charge in [-0.15, -0.1) is 0 Å². The number of hydrogen-bond acceptors (Lipinski definition) is 2. The van der Waals surface area contributed by atoms with E-state index in [0.717, 1.165) is 16.3 Å². The second-order valence-electron chi connectivity index (χ2n) is 5.34. The molecule has 0 radical (unpaired) electrons. The van der Waals surface area contributed by atoms with Crippen molar-refractivity contribution in [3.05, 3.63) is 77.3 Å². The fraction of sp³-hybridized carbons (Fsp3) is 0.111. The molecule has 0 fully saturated rings. The number of rotatable bonds is 4. The van der Waals surface area contributed by atoms with Gasteiger partial charge in [-0.05, 0) is 35.4 Å². The van der Waals surface area contributed by atoms with E-state index in [-0.39, 0.29) is 16.0 Å². The number of fused-ring (bicyclic) bond motifs is 1. The number of hydrogen-bond donors (Lipinski definition) is 1. The van der Waals surface area contributed by atoms with Gasteiger partial charge in [0.25, 0.3) is 0 Å². The van der Waals surface area contributed by atoms with Gasteiger partial charge in [0.15, 0.2) is 0 Å². The molecular formula is C18H16ClNO2S. The zero-order valence-electron chi connectivity index (χ0n) is 12.5. The average Bonchev–Trinajstić information content (AvgIpc) is 2.54. The molecule has 23 heavy (non-hydrogen) atoms. The normalized spacial score (nSPS) is 13.1. The first kappa shape index (κ1) is 16.0. The Bertz CT molecular complexity index is 949. The topological polar surface area (TPSA) is 46.2 Å². The third-order valence-electron chi connectivity index (χ3n) is 3.75. The summed E-state index contributed by atoms with van der Waals surface area (Å²) < 4.78 is 27.9. The minimum absolute atomic E-state index is 0.0914. The van der Waals surface area contributed by atoms with E-state index < -0.39 is 10.0 Å². The number of halogens is 1. The standard InChI is InChI=1S/C18H16ClNO2S/c1-13(15-10-6-8-14-7-2-3-9-16(14)15)20-23(21,22)18-12-5-4-11-17(18)19/h2-13,20H,1H3. The van der Waals surface area contributed by atoms with Gasteiger partial charge in [-0.25, -0.2) is 13.1 Å². The van der Waals surface area contributed by atoms with E-state index in [1.165, 1.54) is 6.07 Å². The van der Waals surface area contributed by atoms with Crippen LogP contribution >= 0.6 is 11.6 Å². The summed E-state index contributed by atoms with van der Waals surface area (Å²) in [5, 5.41) is 2.32. The molecule has 0 aromatic heterocycles. The Balaban J connectivity index is 1.98. The van der Waals surface area contributed by atoms with Crippen molar-refractivity contribution in [1.82, 2.24) is 4.72 Å². The molecular weight excluding hydrogens is 330 g/mol. The van der Waals surface area contributed by atoms with E-state index in [2.05, 4.69) is 4.72 Å². The Morgan fingerprint density at radius 2 is 1.57 bits per heavy atom. The van der Waals surface area contributed by atoms with Gasteiger partial charge in [0.05, 0.1) is 5.02 Å². The van der Waals surface area contributed by atoms with Crippen LogP contribution in [0, 0.1) is 0 Å². The molecule has 1 N–H and O–H groups in total. The van der Waals surface area contributed by atoms with Crippen molar-refractivity contribution in [3.63, 3.8) is 0 Å². The van der Waals surface area contributed by atoms with E-state index in [0.29, 0.717) is 0 Å². The minimum Gasteiger partial charge on any atom is -0.207 e. The molecule has 0 aliphatic carbocycles. The molecule has 0 aliphatic heterocycles. The maximum absolute atomic E-state index is 12.6. The summed E-state index contributed by atoms with van der Waals surface area (Å²) in [6.45, 7) is 1.83. The van der Waals surface area contributed by atoms with Crippen LogP contribution < -0.4 is 4.72 Å². The number of nitrogens with one attached hydrogen (secondary N) is 1. The predicted molar refractivity (Wildman–Crippen MR) is 94.1 cm³/mol. The molecule has 1 unspecified atom stereocenters. The Morgan fingerprint density at radius 1 is 0.913 bits per heavy atom. The fourth-order valence-corrected chi connectivity index (χ4v) is 4.39. The Labute approximate surface area is 141 Å². The fourth-order valence-electron chi connectivity index (χ4n) is 2.65. The molecule has 3 aromatic rings. The number of sulfonamides is 1. The lowest BCUT2D eigenvalue weighted by atomic mass is 10.0. The Kier molecular flexibility index (Phi) is 4.39. The van der Waals surface area contributed by atoms with Crippen LogP contribution in [0.4, 0.5) is 0 Å². The molecule has 0 saturated heterocycles. The second kappa shape index (κ2) is 6.32. The van der Waals surface area contributed by atoms with E-state index in [4.69, 9.17) is 11.6 Å². The van der Waals surface area contributed by atoms with E-state index in [1.54, 1.807) is 18.2 Å². The van der Waals surface area contributed by atoms with Crippen LogP contribution in [0.5, 0.6) is 0 Å². The van der Waals surface area contributed by atoms with Gasteiger partial charge in [-0.1, -0.05) is 66.2 Å². The molecule has 3 aromatic carbocycles. The summed E-state index contributed by atoms with van der Waals surface area (Å²) in [6, 6.07) is 19.8. The summed E-state index contributed by atoms with van der Waals surface area (Å²) in [5.74, 6) is 0. The van der Waals surface area contributed by atoms with Gasteiger partial charge in [0, 0.05) is 6.04 Å². The lowest BCUT2D eigenvalue weighted by molar-refractivity contribution is 0.567. The SMILES string of the molecule is CC(NS(=O)(=O)c1ccccc1Cl)c1cccc2ccccc12. The second-order valence-corrected chi connectivity index (χ2v) is 7.43. The molecule has 5 heteroatoms. The summed E-state index contributed by atoms with van der Waals surface area (Å²) >= 11 is 6.01. The third-order valence-corrected chi connectivity index (χ3v) is 5.79. The van der Waals surface area contributed by atoms with E-state index >= 15 is 0 Å². The Morgan fingerprint density at radius 3 is 2.35 bits per heavy atom. The van der Waals surface area contributed by atoms with Crippen LogP contribution in [0.2, 0.25) is 5.02 Å². The molecule has 3 nitrogen and oxygen atoms in total. The highest BCUT2D eigenvalue weighted by Crippen LogP contribution is 2.27. The van der Waals surface area contributed by atoms with Crippen molar-refractivity contribution in [2.24, 2.45) is 0 Å². The molecule has 1 atom stereocenters. The quantitative estimate of drug-likeness (QED) is 0.755. The molecule has 118 valence electrons. The van der Waals surface area contributed by atoms with E-state index in [9.17, 15) is 8.42 Å². The smallest absolute Gasteiger partial charge is 0.207 e. The van der Waals surface area contributed by atoms with Gasteiger partial charge < -0.3 is 0 Å². The first-order valence-electron chi connectivity index (χ1n) is 7.23. The lowest BCUT2D eigenvalue weighted by Crippen LogP contribution is -2.27.